The number of nitrogens with zero attached hydrogens (tertiary/aromatic N) is 1. The van der Waals surface area contributed by atoms with Crippen LogP contribution in [0.4, 0.5) is 0 Å². The zero-order chi connectivity index (χ0) is 21.4. The van der Waals surface area contributed by atoms with Gasteiger partial charge in [-0.3, -0.25) is 4.79 Å². The molecule has 0 radical (unpaired) electrons. The normalized spacial score (nSPS) is 24.7. The molecule has 2 saturated heterocycles. The Labute approximate surface area is 182 Å². The van der Waals surface area contributed by atoms with E-state index in [1.54, 1.807) is 0 Å². The van der Waals surface area contributed by atoms with E-state index in [1.807, 2.05) is 0 Å². The summed E-state index contributed by atoms with van der Waals surface area (Å²) in [5.41, 5.74) is 0. The first-order chi connectivity index (χ1) is 14.3. The monoisotopic (exact) mass is 421 g/mol. The molecule has 0 N–H and O–H groups in total. The molecule has 2 aliphatic rings. The highest BCUT2D eigenvalue weighted by Crippen LogP contribution is 2.39. The van der Waals surface area contributed by atoms with Crippen LogP contribution in [0.1, 0.15) is 53.4 Å². The van der Waals surface area contributed by atoms with E-state index in [4.69, 9.17) is 4.43 Å². The molecular formula is C26H35NO2Si. The minimum absolute atomic E-state index is 0.0356. The first-order valence-electron chi connectivity index (χ1n) is 11.4. The summed E-state index contributed by atoms with van der Waals surface area (Å²) in [5.74, 6) is 0.920. The van der Waals surface area contributed by atoms with Crippen LogP contribution >= 0.6 is 0 Å². The highest BCUT2D eigenvalue weighted by atomic mass is 28.4. The zero-order valence-corrected chi connectivity index (χ0v) is 19.8. The molecule has 3 atom stereocenters. The second kappa shape index (κ2) is 8.31. The van der Waals surface area contributed by atoms with E-state index < -0.39 is 8.32 Å². The molecule has 2 aromatic carbocycles. The fourth-order valence-corrected chi connectivity index (χ4v) is 10.3. The topological polar surface area (TPSA) is 29.5 Å². The second-order valence-electron chi connectivity index (χ2n) is 10.1. The summed E-state index contributed by atoms with van der Waals surface area (Å²) < 4.78 is 7.14. The van der Waals surface area contributed by atoms with Gasteiger partial charge < -0.3 is 9.33 Å². The number of benzene rings is 2. The fraction of sp³-hybridized carbons (Fsp3) is 0.500. The molecule has 2 heterocycles. The number of hydrogen-bond acceptors (Lipinski definition) is 2. The molecule has 2 fully saturated rings. The zero-order valence-electron chi connectivity index (χ0n) is 18.8. The number of carbonyl (C=O) groups excluding carboxylic acids is 1. The van der Waals surface area contributed by atoms with Crippen LogP contribution in [0.15, 0.2) is 60.7 Å². The molecular weight excluding hydrogens is 386 g/mol. The van der Waals surface area contributed by atoms with Crippen LogP contribution in [0.25, 0.3) is 0 Å². The van der Waals surface area contributed by atoms with Crippen LogP contribution in [-0.4, -0.2) is 37.8 Å². The number of rotatable bonds is 5. The van der Waals surface area contributed by atoms with Gasteiger partial charge in [0.25, 0.3) is 8.32 Å². The molecule has 1 amide bonds. The first kappa shape index (κ1) is 21.3. The SMILES string of the molecule is C[C@@H]1CC[C@@H](CO[Si](c2ccccc2)(c2ccccc2)C(C)(C)C)N2C(=O)CC[C@@H]12. The van der Waals surface area contributed by atoms with Crippen molar-refractivity contribution < 1.29 is 9.22 Å². The maximum absolute atomic E-state index is 12.7. The Kier molecular flexibility index (Phi) is 5.91. The van der Waals surface area contributed by atoms with Gasteiger partial charge in [-0.25, -0.2) is 0 Å². The van der Waals surface area contributed by atoms with Gasteiger partial charge >= 0.3 is 0 Å². The summed E-state index contributed by atoms with van der Waals surface area (Å²) in [7, 11) is -2.55. The molecule has 0 aromatic heterocycles. The molecule has 2 aromatic rings. The van der Waals surface area contributed by atoms with Crippen LogP contribution in [0.2, 0.25) is 5.04 Å². The summed E-state index contributed by atoms with van der Waals surface area (Å²) in [6.07, 6.45) is 3.94. The predicted molar refractivity (Wildman–Crippen MR) is 126 cm³/mol. The fourth-order valence-electron chi connectivity index (χ4n) is 5.69. The number of piperidine rings is 1. The lowest BCUT2D eigenvalue weighted by Gasteiger charge is -2.46. The van der Waals surface area contributed by atoms with E-state index in [0.717, 1.165) is 12.8 Å². The van der Waals surface area contributed by atoms with E-state index >= 15 is 0 Å². The van der Waals surface area contributed by atoms with E-state index in [9.17, 15) is 4.79 Å². The van der Waals surface area contributed by atoms with Crippen molar-refractivity contribution in [2.24, 2.45) is 5.92 Å². The number of fused-ring (bicyclic) bond motifs is 1. The molecule has 2 aliphatic heterocycles. The quantitative estimate of drug-likeness (QED) is 0.672. The number of carbonyl (C=O) groups is 1. The molecule has 4 heteroatoms. The standard InChI is InChI=1S/C26H35NO2Si/c1-20-15-16-21(27-24(20)17-18-25(27)28)19-29-30(26(2,3)4,22-11-7-5-8-12-22)23-13-9-6-10-14-23/h5-14,20-21,24H,15-19H2,1-4H3/t20-,21+,24+/m1/s1. The van der Waals surface area contributed by atoms with Crippen LogP contribution in [0.5, 0.6) is 0 Å². The Balaban J connectivity index is 1.71. The Bertz CT molecular complexity index is 822. The Hall–Kier alpha value is -1.91. The van der Waals surface area contributed by atoms with E-state index in [1.165, 1.54) is 16.8 Å². The molecule has 0 spiro atoms. The summed E-state index contributed by atoms with van der Waals surface area (Å²) >= 11 is 0. The maximum atomic E-state index is 12.7. The molecule has 3 nitrogen and oxygen atoms in total. The van der Waals surface area contributed by atoms with Crippen molar-refractivity contribution in [1.29, 1.82) is 0 Å². The van der Waals surface area contributed by atoms with Crippen molar-refractivity contribution >= 4 is 24.6 Å². The minimum Gasteiger partial charge on any atom is -0.405 e. The lowest BCUT2D eigenvalue weighted by molar-refractivity contribution is -0.134. The van der Waals surface area contributed by atoms with Gasteiger partial charge in [0.15, 0.2) is 0 Å². The lowest BCUT2D eigenvalue weighted by Crippen LogP contribution is -2.67. The third-order valence-corrected chi connectivity index (χ3v) is 12.2. The summed E-state index contributed by atoms with van der Waals surface area (Å²) in [4.78, 5) is 14.9. The molecule has 0 unspecified atom stereocenters. The predicted octanol–water partition coefficient (Wildman–Crippen LogP) is 4.35. The average molecular weight is 422 g/mol. The summed E-state index contributed by atoms with van der Waals surface area (Å²) in [5, 5.41) is 2.57. The van der Waals surface area contributed by atoms with Crippen molar-refractivity contribution in [3.05, 3.63) is 60.7 Å². The van der Waals surface area contributed by atoms with Gasteiger partial charge in [0.2, 0.25) is 5.91 Å². The largest absolute Gasteiger partial charge is 0.405 e. The van der Waals surface area contributed by atoms with Gasteiger partial charge in [0.05, 0.1) is 12.6 Å². The molecule has 160 valence electrons. The molecule has 30 heavy (non-hydrogen) atoms. The number of amides is 1. The van der Waals surface area contributed by atoms with Gasteiger partial charge in [-0.15, -0.1) is 0 Å². The Morgan fingerprint density at radius 3 is 2.03 bits per heavy atom. The van der Waals surface area contributed by atoms with Gasteiger partial charge in [-0.1, -0.05) is 88.4 Å². The van der Waals surface area contributed by atoms with Crippen LogP contribution in [0.3, 0.4) is 0 Å². The van der Waals surface area contributed by atoms with E-state index in [2.05, 4.69) is 93.3 Å². The van der Waals surface area contributed by atoms with E-state index in [-0.39, 0.29) is 11.1 Å². The minimum atomic E-state index is -2.55. The van der Waals surface area contributed by atoms with Crippen molar-refractivity contribution in [3.8, 4) is 0 Å². The smallest absolute Gasteiger partial charge is 0.261 e. The highest BCUT2D eigenvalue weighted by molar-refractivity contribution is 6.99. The molecule has 0 aliphatic carbocycles. The van der Waals surface area contributed by atoms with Crippen molar-refractivity contribution in [3.63, 3.8) is 0 Å². The molecule has 0 saturated carbocycles. The average Bonchev–Trinajstić information content (AvgIpc) is 3.13. The van der Waals surface area contributed by atoms with Crippen molar-refractivity contribution in [2.45, 2.75) is 70.5 Å². The third kappa shape index (κ3) is 3.65. The van der Waals surface area contributed by atoms with Crippen molar-refractivity contribution in [2.75, 3.05) is 6.61 Å². The van der Waals surface area contributed by atoms with Crippen molar-refractivity contribution in [1.82, 2.24) is 4.90 Å². The van der Waals surface area contributed by atoms with Crippen LogP contribution in [0, 0.1) is 5.92 Å². The second-order valence-corrected chi connectivity index (χ2v) is 14.4. The lowest BCUT2D eigenvalue weighted by atomic mass is 9.87. The Morgan fingerprint density at radius 1 is 0.933 bits per heavy atom. The van der Waals surface area contributed by atoms with Gasteiger partial charge in [0, 0.05) is 12.5 Å². The summed E-state index contributed by atoms with van der Waals surface area (Å²) in [6.45, 7) is 9.86. The maximum Gasteiger partial charge on any atom is 0.261 e. The third-order valence-electron chi connectivity index (χ3n) is 7.21. The van der Waals surface area contributed by atoms with Gasteiger partial charge in [0.1, 0.15) is 0 Å². The highest BCUT2D eigenvalue weighted by Gasteiger charge is 2.51. The molecule has 0 bridgehead atoms. The summed E-state index contributed by atoms with van der Waals surface area (Å²) in [6, 6.07) is 22.2. The van der Waals surface area contributed by atoms with Crippen LogP contribution in [-0.2, 0) is 9.22 Å². The van der Waals surface area contributed by atoms with Gasteiger partial charge in [-0.2, -0.15) is 0 Å². The Morgan fingerprint density at radius 2 is 1.50 bits per heavy atom. The van der Waals surface area contributed by atoms with Crippen LogP contribution < -0.4 is 10.4 Å². The number of hydrogen-bond donors (Lipinski definition) is 0. The first-order valence-corrected chi connectivity index (χ1v) is 13.3. The van der Waals surface area contributed by atoms with Gasteiger partial charge in [-0.05, 0) is 40.6 Å². The molecule has 4 rings (SSSR count). The van der Waals surface area contributed by atoms with E-state index in [0.29, 0.717) is 30.9 Å².